The van der Waals surface area contributed by atoms with Crippen LogP contribution in [0.15, 0.2) is 30.5 Å². The van der Waals surface area contributed by atoms with Crippen LogP contribution in [-0.4, -0.2) is 88.6 Å². The van der Waals surface area contributed by atoms with Gasteiger partial charge in [0.05, 0.1) is 11.9 Å². The minimum Gasteiger partial charge on any atom is -0.338 e. The summed E-state index contributed by atoms with van der Waals surface area (Å²) in [6.45, 7) is 6.80. The first kappa shape index (κ1) is 34.3. The van der Waals surface area contributed by atoms with E-state index in [-0.39, 0.29) is 23.6 Å². The van der Waals surface area contributed by atoms with E-state index in [1.807, 2.05) is 14.0 Å². The van der Waals surface area contributed by atoms with Crippen LogP contribution in [0.25, 0.3) is 0 Å². The summed E-state index contributed by atoms with van der Waals surface area (Å²) in [4.78, 5) is 57.7. The fourth-order valence-electron chi connectivity index (χ4n) is 6.63. The summed E-state index contributed by atoms with van der Waals surface area (Å²) in [5.74, 6) is -3.11. The summed E-state index contributed by atoms with van der Waals surface area (Å²) in [5, 5.41) is 15.5. The normalized spacial score (nSPS) is 19.6. The Morgan fingerprint density at radius 1 is 0.936 bits per heavy atom. The van der Waals surface area contributed by atoms with Crippen molar-refractivity contribution in [1.82, 2.24) is 30.2 Å². The Morgan fingerprint density at radius 2 is 1.62 bits per heavy atom. The van der Waals surface area contributed by atoms with Gasteiger partial charge in [0.1, 0.15) is 23.6 Å². The molecule has 0 unspecified atom stereocenters. The minimum absolute atomic E-state index is 0.0441. The highest BCUT2D eigenvalue weighted by Crippen LogP contribution is 2.32. The fraction of sp³-hybridized carbons (Fsp3) is 0.618. The van der Waals surface area contributed by atoms with Crippen molar-refractivity contribution < 1.29 is 23.6 Å². The molecule has 256 valence electrons. The quantitative estimate of drug-likeness (QED) is 0.214. The number of carbonyl (C=O) groups excluding carboxylic acids is 4. The summed E-state index contributed by atoms with van der Waals surface area (Å²) >= 11 is 0. The number of rotatable bonds is 11. The van der Waals surface area contributed by atoms with Gasteiger partial charge in [0.2, 0.25) is 17.7 Å². The van der Waals surface area contributed by atoms with Gasteiger partial charge in [-0.15, -0.1) is 0 Å². The van der Waals surface area contributed by atoms with E-state index in [1.54, 1.807) is 34.8 Å². The van der Waals surface area contributed by atoms with E-state index >= 15 is 4.39 Å². The van der Waals surface area contributed by atoms with E-state index in [0.717, 1.165) is 64.5 Å². The largest absolute Gasteiger partial charge is 0.338 e. The van der Waals surface area contributed by atoms with Crippen LogP contribution >= 0.6 is 0 Å². The molecule has 5 amide bonds. The molecule has 2 aliphatic carbocycles. The predicted octanol–water partition coefficient (Wildman–Crippen LogP) is 3.91. The van der Waals surface area contributed by atoms with Crippen LogP contribution in [0.1, 0.15) is 76.7 Å². The number of likely N-dealkylation sites (N-methyl/N-ethyl adjacent to an activating group) is 1. The number of urea groups is 1. The molecule has 3 atom stereocenters. The molecule has 0 radical (unpaired) electrons. The smallest absolute Gasteiger partial charge is 0.315 e. The Bertz CT molecular complexity index is 1410. The molecule has 0 spiro atoms. The third kappa shape index (κ3) is 8.88. The molecule has 1 aliphatic heterocycles. The van der Waals surface area contributed by atoms with Crippen LogP contribution in [0.3, 0.4) is 0 Å². The number of benzene rings is 1. The van der Waals surface area contributed by atoms with Crippen LogP contribution in [0.2, 0.25) is 0 Å². The molecule has 47 heavy (non-hydrogen) atoms. The van der Waals surface area contributed by atoms with Gasteiger partial charge in [-0.3, -0.25) is 14.4 Å². The lowest BCUT2D eigenvalue weighted by atomic mass is 9.84. The van der Waals surface area contributed by atoms with Crippen molar-refractivity contribution in [2.24, 2.45) is 11.8 Å². The standard InChI is InChI=1S/C34H49FN8O4/c1-4-43-28(15-16-36-43)39-32(45)29(23-9-7-5-6-8-10-23)31(44)38-27-14-11-24(21-26(27)35)22(2)30(40-34(47)37-25-12-13-25)33(46)42-19-17-41(3)18-20-42/h11,14-16,21-23,25,29-30H,4-10,12-13,17-20H2,1-3H3,(H,38,44)(H,39,45)(H2,37,40,47)/t22-,29-,30+/m0/s1. The van der Waals surface area contributed by atoms with Crippen LogP contribution in [0.4, 0.5) is 20.7 Å². The Balaban J connectivity index is 1.32. The number of anilines is 2. The van der Waals surface area contributed by atoms with Gasteiger partial charge >= 0.3 is 6.03 Å². The molecular weight excluding hydrogens is 603 g/mol. The van der Waals surface area contributed by atoms with Crippen molar-refractivity contribution in [3.63, 3.8) is 0 Å². The summed E-state index contributed by atoms with van der Waals surface area (Å²) in [6, 6.07) is 4.91. The average molecular weight is 653 g/mol. The molecular formula is C34H49FN8O4. The zero-order chi connectivity index (χ0) is 33.5. The molecule has 2 aromatic rings. The maximum Gasteiger partial charge on any atom is 0.315 e. The Kier molecular flexibility index (Phi) is 11.5. The highest BCUT2D eigenvalue weighted by Gasteiger charge is 2.37. The number of halogens is 1. The zero-order valence-corrected chi connectivity index (χ0v) is 27.8. The molecule has 3 fully saturated rings. The zero-order valence-electron chi connectivity index (χ0n) is 27.8. The number of aryl methyl sites for hydroxylation is 1. The second-order valence-corrected chi connectivity index (χ2v) is 13.3. The highest BCUT2D eigenvalue weighted by atomic mass is 19.1. The van der Waals surface area contributed by atoms with Crippen LogP contribution in [-0.2, 0) is 20.9 Å². The molecule has 1 saturated heterocycles. The Hall–Kier alpha value is -4.00. The molecule has 12 nitrogen and oxygen atoms in total. The monoisotopic (exact) mass is 652 g/mol. The lowest BCUT2D eigenvalue weighted by molar-refractivity contribution is -0.135. The summed E-state index contributed by atoms with van der Waals surface area (Å²) in [5.41, 5.74) is 0.461. The fourth-order valence-corrected chi connectivity index (χ4v) is 6.63. The molecule has 1 aromatic carbocycles. The number of nitrogens with zero attached hydrogens (tertiary/aromatic N) is 4. The number of carbonyl (C=O) groups is 4. The van der Waals surface area contributed by atoms with Gasteiger partial charge in [-0.25, -0.2) is 13.9 Å². The molecule has 2 saturated carbocycles. The van der Waals surface area contributed by atoms with Crippen molar-refractivity contribution in [1.29, 1.82) is 0 Å². The van der Waals surface area contributed by atoms with E-state index in [1.165, 1.54) is 12.1 Å². The van der Waals surface area contributed by atoms with Gasteiger partial charge in [-0.1, -0.05) is 38.7 Å². The van der Waals surface area contributed by atoms with Crippen LogP contribution < -0.4 is 21.3 Å². The summed E-state index contributed by atoms with van der Waals surface area (Å²) < 4.78 is 17.4. The van der Waals surface area contributed by atoms with E-state index in [2.05, 4.69) is 31.3 Å². The van der Waals surface area contributed by atoms with E-state index in [0.29, 0.717) is 31.0 Å². The van der Waals surface area contributed by atoms with Gasteiger partial charge < -0.3 is 31.1 Å². The maximum absolute atomic E-state index is 15.7. The molecule has 5 rings (SSSR count). The van der Waals surface area contributed by atoms with Gasteiger partial charge in [-0.05, 0) is 63.3 Å². The van der Waals surface area contributed by atoms with Crippen molar-refractivity contribution in [2.75, 3.05) is 43.9 Å². The molecule has 3 aliphatic rings. The van der Waals surface area contributed by atoms with Crippen LogP contribution in [0.5, 0.6) is 0 Å². The third-order valence-electron chi connectivity index (χ3n) is 9.76. The lowest BCUT2D eigenvalue weighted by Gasteiger charge is -2.36. The number of hydrogen-bond acceptors (Lipinski definition) is 6. The number of piperazine rings is 1. The lowest BCUT2D eigenvalue weighted by Crippen LogP contribution is -2.57. The van der Waals surface area contributed by atoms with E-state index in [9.17, 15) is 19.2 Å². The first-order chi connectivity index (χ1) is 22.6. The minimum atomic E-state index is -1.01. The third-order valence-corrected chi connectivity index (χ3v) is 9.76. The number of nitrogens with one attached hydrogen (secondary N) is 4. The first-order valence-corrected chi connectivity index (χ1v) is 17.1. The molecule has 4 N–H and O–H groups in total. The number of amides is 5. The van der Waals surface area contributed by atoms with Crippen molar-refractivity contribution in [3.8, 4) is 0 Å². The Morgan fingerprint density at radius 3 is 2.26 bits per heavy atom. The van der Waals surface area contributed by atoms with Gasteiger partial charge in [0.25, 0.3) is 0 Å². The van der Waals surface area contributed by atoms with Crippen LogP contribution in [0, 0.1) is 17.7 Å². The SMILES string of the molecule is CCn1nccc1NC(=O)[C@H](C(=O)Nc1ccc([C@H](C)[C@@H](NC(=O)NC2CC2)C(=O)N2CCN(C)CC2)cc1F)C1CCCCCC1. The molecule has 2 heterocycles. The van der Waals surface area contributed by atoms with Gasteiger partial charge in [-0.2, -0.15) is 5.10 Å². The summed E-state index contributed by atoms with van der Waals surface area (Å²) in [7, 11) is 2.00. The van der Waals surface area contributed by atoms with E-state index < -0.39 is 41.5 Å². The van der Waals surface area contributed by atoms with Crippen molar-refractivity contribution >= 4 is 35.3 Å². The second kappa shape index (κ2) is 15.7. The van der Waals surface area contributed by atoms with Gasteiger partial charge in [0.15, 0.2) is 0 Å². The number of hydrogen-bond donors (Lipinski definition) is 4. The summed E-state index contributed by atoms with van der Waals surface area (Å²) in [6.07, 6.45) is 8.85. The predicted molar refractivity (Wildman–Crippen MR) is 177 cm³/mol. The van der Waals surface area contributed by atoms with Crippen molar-refractivity contribution in [3.05, 3.63) is 41.8 Å². The highest BCUT2D eigenvalue weighted by molar-refractivity contribution is 6.10. The topological polar surface area (TPSA) is 141 Å². The van der Waals surface area contributed by atoms with Crippen molar-refractivity contribution in [2.45, 2.75) is 89.8 Å². The Labute approximate surface area is 276 Å². The second-order valence-electron chi connectivity index (χ2n) is 13.3. The average Bonchev–Trinajstić information content (AvgIpc) is 3.82. The van der Waals surface area contributed by atoms with Gasteiger partial charge in [0, 0.05) is 50.7 Å². The number of aromatic nitrogens is 2. The molecule has 0 bridgehead atoms. The first-order valence-electron chi connectivity index (χ1n) is 17.1. The molecule has 13 heteroatoms. The molecule has 1 aromatic heterocycles. The maximum atomic E-state index is 15.7. The van der Waals surface area contributed by atoms with E-state index in [4.69, 9.17) is 0 Å².